The molecule has 1 heteroatoms. The summed E-state index contributed by atoms with van der Waals surface area (Å²) >= 11 is 0. The summed E-state index contributed by atoms with van der Waals surface area (Å²) in [6.07, 6.45) is 9.94. The maximum atomic E-state index is 10.9. The molecular weight excluding hydrogens is 124 g/mol. The molecule has 48 valence electrons. The molecule has 0 atom stereocenters. The summed E-state index contributed by atoms with van der Waals surface area (Å²) in [5.74, 6) is 0.328. The number of hydrogen-bond acceptors (Lipinski definition) is 1. The highest BCUT2D eigenvalue weighted by molar-refractivity contribution is 5.89. The summed E-state index contributed by atoms with van der Waals surface area (Å²) in [6, 6.07) is 0. The molecule has 0 radical (unpaired) electrons. The van der Waals surface area contributed by atoms with E-state index in [1.54, 1.807) is 0 Å². The fraction of sp³-hybridized carbons (Fsp3) is 0.222. The highest BCUT2D eigenvalue weighted by atomic mass is 16.1. The predicted molar refractivity (Wildman–Crippen MR) is 38.2 cm³/mol. The van der Waals surface area contributed by atoms with Crippen molar-refractivity contribution < 1.29 is 4.79 Å². The number of carbonyl (C=O) groups excluding carboxylic acids is 1. The van der Waals surface area contributed by atoms with E-state index in [-0.39, 0.29) is 0 Å². The molecule has 0 spiro atoms. The molecule has 0 heterocycles. The minimum atomic E-state index is 0.328. The van der Waals surface area contributed by atoms with Gasteiger partial charge in [-0.3, -0.25) is 4.79 Å². The van der Waals surface area contributed by atoms with Gasteiger partial charge in [0.1, 0.15) is 12.2 Å². The first-order chi connectivity index (χ1) is 4.86. The van der Waals surface area contributed by atoms with Gasteiger partial charge in [0, 0.05) is 6.08 Å². The summed E-state index contributed by atoms with van der Waals surface area (Å²) in [4.78, 5) is 10.9. The van der Waals surface area contributed by atoms with E-state index >= 15 is 0 Å². The van der Waals surface area contributed by atoms with Crippen LogP contribution in [0.4, 0.5) is 0 Å². The zero-order valence-corrected chi connectivity index (χ0v) is 5.55. The molecule has 0 aromatic carbocycles. The van der Waals surface area contributed by atoms with Crippen molar-refractivity contribution in [2.45, 2.75) is 12.8 Å². The molecule has 2 aliphatic rings. The number of Topliss-reactive ketones (excluding diaryl/α,β-unsaturated/α-hetero) is 1. The summed E-state index contributed by atoms with van der Waals surface area (Å²) < 4.78 is 0. The average Bonchev–Trinajstić information content (AvgIpc) is 2.27. The molecule has 0 aliphatic heterocycles. The fourth-order valence-corrected chi connectivity index (χ4v) is 1.32. The van der Waals surface area contributed by atoms with E-state index in [0.29, 0.717) is 18.6 Å². The van der Waals surface area contributed by atoms with Gasteiger partial charge in [-0.1, -0.05) is 0 Å². The first-order valence-corrected chi connectivity index (χ1v) is 3.36. The first kappa shape index (κ1) is 5.57. The Morgan fingerprint density at radius 2 is 2.10 bits per heavy atom. The van der Waals surface area contributed by atoms with Gasteiger partial charge in [0.25, 0.3) is 0 Å². The molecule has 0 saturated heterocycles. The maximum Gasteiger partial charge on any atom is 0.156 e. The Balaban J connectivity index is 2.39. The van der Waals surface area contributed by atoms with Crippen LogP contribution in [0.1, 0.15) is 12.8 Å². The lowest BCUT2D eigenvalue weighted by Crippen LogP contribution is -1.86. The Bertz CT molecular complexity index is 240. The number of hydrogen-bond donors (Lipinski definition) is 0. The van der Waals surface area contributed by atoms with Crippen molar-refractivity contribution in [3.63, 3.8) is 0 Å². The Labute approximate surface area is 59.7 Å². The number of allylic oxidation sites excluding steroid dienone is 6. The van der Waals surface area contributed by atoms with Crippen molar-refractivity contribution in [2.24, 2.45) is 0 Å². The summed E-state index contributed by atoms with van der Waals surface area (Å²) in [6.45, 7) is 0. The van der Waals surface area contributed by atoms with Crippen molar-refractivity contribution in [3.8, 4) is 0 Å². The van der Waals surface area contributed by atoms with Crippen molar-refractivity contribution in [3.05, 3.63) is 35.5 Å². The number of carbonyl (C=O) groups is 1. The molecule has 0 bridgehead atoms. The van der Waals surface area contributed by atoms with Gasteiger partial charge < -0.3 is 0 Å². The Hall–Kier alpha value is -1.20. The van der Waals surface area contributed by atoms with Crippen LogP contribution in [0.2, 0.25) is 0 Å². The number of ketones is 1. The van der Waals surface area contributed by atoms with Gasteiger partial charge in [-0.15, -0.1) is 0 Å². The van der Waals surface area contributed by atoms with E-state index in [2.05, 4.69) is 6.08 Å². The van der Waals surface area contributed by atoms with Crippen molar-refractivity contribution >= 4 is 5.78 Å². The molecule has 2 rings (SSSR count). The van der Waals surface area contributed by atoms with Gasteiger partial charge in [-0.05, 0) is 0 Å². The summed E-state index contributed by atoms with van der Waals surface area (Å²) in [7, 11) is 0. The largest absolute Gasteiger partial charge is 0.298 e. The van der Waals surface area contributed by atoms with Crippen LogP contribution in [0.5, 0.6) is 0 Å². The van der Waals surface area contributed by atoms with E-state index < -0.39 is 0 Å². The molecule has 0 unspecified atom stereocenters. The smallest absolute Gasteiger partial charge is 0.156 e. The Morgan fingerprint density at radius 1 is 1.30 bits per heavy atom. The average molecular weight is 131 g/mol. The minimum absolute atomic E-state index is 0.328. The fourth-order valence-electron chi connectivity index (χ4n) is 1.32. The van der Waals surface area contributed by atoms with Gasteiger partial charge >= 0.3 is 0 Å². The Morgan fingerprint density at radius 3 is 2.90 bits per heavy atom. The van der Waals surface area contributed by atoms with Gasteiger partial charge in [0.15, 0.2) is 5.78 Å². The zero-order valence-electron chi connectivity index (χ0n) is 5.55. The van der Waals surface area contributed by atoms with Crippen molar-refractivity contribution in [1.29, 1.82) is 0 Å². The lowest BCUT2D eigenvalue weighted by molar-refractivity contribution is -0.117. The first-order valence-electron chi connectivity index (χ1n) is 3.36. The second-order valence-corrected chi connectivity index (χ2v) is 2.59. The molecule has 10 heavy (non-hydrogen) atoms. The van der Waals surface area contributed by atoms with E-state index in [9.17, 15) is 4.79 Å². The van der Waals surface area contributed by atoms with Crippen molar-refractivity contribution in [1.82, 2.24) is 0 Å². The lowest BCUT2D eigenvalue weighted by Gasteiger charge is -1.86. The molecule has 0 aromatic heterocycles. The van der Waals surface area contributed by atoms with E-state index in [4.69, 9.17) is 0 Å². The van der Waals surface area contributed by atoms with Crippen LogP contribution in [0, 0.1) is 6.08 Å². The van der Waals surface area contributed by atoms with Gasteiger partial charge in [-0.2, -0.15) is 0 Å². The molecule has 0 fully saturated rings. The highest BCUT2D eigenvalue weighted by Gasteiger charge is 2.25. The third-order valence-corrected chi connectivity index (χ3v) is 1.83. The van der Waals surface area contributed by atoms with Crippen LogP contribution in [-0.2, 0) is 4.79 Å². The molecule has 0 amide bonds. The third-order valence-electron chi connectivity index (χ3n) is 1.83. The monoisotopic (exact) mass is 131 g/mol. The van der Waals surface area contributed by atoms with Gasteiger partial charge in [-0.25, -0.2) is 0 Å². The molecule has 0 saturated carbocycles. The standard InChI is InChI=1S/C9H7O/c10-9-5-7-3-1-2-4-8(7)6-9/h1,3-4H,5-6H2/q+1. The van der Waals surface area contributed by atoms with Crippen LogP contribution in [0.3, 0.4) is 0 Å². The predicted octanol–water partition coefficient (Wildman–Crippen LogP) is 1.58. The highest BCUT2D eigenvalue weighted by Crippen LogP contribution is 2.26. The van der Waals surface area contributed by atoms with Gasteiger partial charge in [0.05, 0.1) is 30.1 Å². The maximum absolute atomic E-state index is 10.9. The van der Waals surface area contributed by atoms with Crippen LogP contribution in [0.25, 0.3) is 0 Å². The second kappa shape index (κ2) is 1.89. The van der Waals surface area contributed by atoms with Crippen LogP contribution in [0.15, 0.2) is 29.4 Å². The van der Waals surface area contributed by atoms with Crippen LogP contribution >= 0.6 is 0 Å². The lowest BCUT2D eigenvalue weighted by atomic mass is 10.1. The molecule has 0 N–H and O–H groups in total. The SMILES string of the molecule is O=C1CC2=C(C=C[C+]=C2)C1. The van der Waals surface area contributed by atoms with E-state index in [0.717, 1.165) is 5.57 Å². The second-order valence-electron chi connectivity index (χ2n) is 2.59. The molecule has 0 aromatic rings. The van der Waals surface area contributed by atoms with Crippen LogP contribution in [-0.4, -0.2) is 5.78 Å². The van der Waals surface area contributed by atoms with E-state index in [1.165, 1.54) is 5.57 Å². The van der Waals surface area contributed by atoms with Crippen molar-refractivity contribution in [2.75, 3.05) is 0 Å². The quantitative estimate of drug-likeness (QED) is 0.456. The summed E-state index contributed by atoms with van der Waals surface area (Å²) in [5, 5.41) is 0. The van der Waals surface area contributed by atoms with Gasteiger partial charge in [0.2, 0.25) is 0 Å². The third kappa shape index (κ3) is 0.722. The number of rotatable bonds is 0. The van der Waals surface area contributed by atoms with Crippen LogP contribution < -0.4 is 0 Å². The molecule has 2 aliphatic carbocycles. The Kier molecular flexibility index (Phi) is 1.06. The normalized spacial score (nSPS) is 21.4. The zero-order chi connectivity index (χ0) is 6.97. The summed E-state index contributed by atoms with van der Waals surface area (Å²) in [5.41, 5.74) is 2.34. The minimum Gasteiger partial charge on any atom is -0.298 e. The topological polar surface area (TPSA) is 17.1 Å². The molecular formula is C9H7O+. The molecule has 1 nitrogen and oxygen atoms in total. The van der Waals surface area contributed by atoms with E-state index in [1.807, 2.05) is 18.2 Å².